The highest BCUT2D eigenvalue weighted by Crippen LogP contribution is 2.33. The van der Waals surface area contributed by atoms with E-state index in [1.165, 1.54) is 0 Å². The lowest BCUT2D eigenvalue weighted by Crippen LogP contribution is -2.18. The van der Waals surface area contributed by atoms with Crippen LogP contribution < -0.4 is 0 Å². The molecule has 5 heteroatoms. The van der Waals surface area contributed by atoms with Crippen LogP contribution in [0, 0.1) is 6.57 Å². The largest absolute Gasteiger partial charge is 0.420 e. The maximum Gasteiger partial charge on any atom is 0.247 e. The first-order chi connectivity index (χ1) is 13.7. The van der Waals surface area contributed by atoms with Gasteiger partial charge in [-0.1, -0.05) is 54.6 Å². The number of fused-ring (bicyclic) bond motifs is 1. The molecule has 0 saturated heterocycles. The predicted octanol–water partition coefficient (Wildman–Crippen LogP) is 5.15. The van der Waals surface area contributed by atoms with E-state index in [1.54, 1.807) is 6.92 Å². The molecule has 0 aliphatic heterocycles. The summed E-state index contributed by atoms with van der Waals surface area (Å²) in [7, 11) is 0. The molecule has 1 N–H and O–H groups in total. The van der Waals surface area contributed by atoms with Crippen molar-refractivity contribution in [2.45, 2.75) is 25.4 Å². The summed E-state index contributed by atoms with van der Waals surface area (Å²) in [6.07, 6.45) is -0.129. The van der Waals surface area contributed by atoms with Crippen molar-refractivity contribution in [3.05, 3.63) is 89.6 Å². The molecule has 0 fully saturated rings. The van der Waals surface area contributed by atoms with E-state index < -0.39 is 6.10 Å². The molecule has 28 heavy (non-hydrogen) atoms. The summed E-state index contributed by atoms with van der Waals surface area (Å²) in [5.41, 5.74) is 2.50. The molecule has 0 aliphatic carbocycles. The molecular formula is C23H19N3O2. The number of aliphatic hydroxyl groups excluding tert-OH is 1. The summed E-state index contributed by atoms with van der Waals surface area (Å²) < 4.78 is 5.89. The lowest BCUT2D eigenvalue weighted by Gasteiger charge is -2.17. The summed E-state index contributed by atoms with van der Waals surface area (Å²) in [4.78, 5) is 3.61. The zero-order valence-electron chi connectivity index (χ0n) is 15.4. The second-order valence-corrected chi connectivity index (χ2v) is 6.76. The van der Waals surface area contributed by atoms with Crippen LogP contribution in [0.3, 0.4) is 0 Å². The monoisotopic (exact) mass is 369 g/mol. The average Bonchev–Trinajstić information content (AvgIpc) is 3.22. The van der Waals surface area contributed by atoms with Gasteiger partial charge in [-0.05, 0) is 41.8 Å². The number of rotatable bonds is 5. The van der Waals surface area contributed by atoms with Gasteiger partial charge in [0.05, 0.1) is 18.6 Å². The SMILES string of the molecule is [C-]#[N+]c1ccc(C[C@@H](c2nnc(-c3ccccc3)o2)[C@@H](C)O)c2ccccc12. The van der Waals surface area contributed by atoms with Crippen LogP contribution in [0.2, 0.25) is 0 Å². The average molecular weight is 369 g/mol. The van der Waals surface area contributed by atoms with Crippen LogP contribution in [0.5, 0.6) is 0 Å². The van der Waals surface area contributed by atoms with Gasteiger partial charge in [0.25, 0.3) is 0 Å². The fraction of sp³-hybridized carbons (Fsp3) is 0.174. The Labute approximate surface area is 163 Å². The van der Waals surface area contributed by atoms with Crippen molar-refractivity contribution in [3.8, 4) is 11.5 Å². The maximum absolute atomic E-state index is 10.4. The van der Waals surface area contributed by atoms with Crippen LogP contribution in [0.15, 0.2) is 71.1 Å². The van der Waals surface area contributed by atoms with Crippen LogP contribution >= 0.6 is 0 Å². The third kappa shape index (κ3) is 3.38. The first kappa shape index (κ1) is 17.9. The highest BCUT2D eigenvalue weighted by Gasteiger charge is 2.25. The van der Waals surface area contributed by atoms with Crippen molar-refractivity contribution in [1.29, 1.82) is 0 Å². The van der Waals surface area contributed by atoms with Gasteiger partial charge in [-0.3, -0.25) is 0 Å². The van der Waals surface area contributed by atoms with Crippen LogP contribution in [-0.2, 0) is 6.42 Å². The van der Waals surface area contributed by atoms with Crippen LogP contribution in [0.25, 0.3) is 27.1 Å². The second kappa shape index (κ2) is 7.63. The molecule has 1 heterocycles. The van der Waals surface area contributed by atoms with Gasteiger partial charge in [-0.2, -0.15) is 0 Å². The Bertz CT molecular complexity index is 1140. The van der Waals surface area contributed by atoms with Crippen molar-refractivity contribution < 1.29 is 9.52 Å². The highest BCUT2D eigenvalue weighted by atomic mass is 16.4. The highest BCUT2D eigenvalue weighted by molar-refractivity contribution is 5.96. The van der Waals surface area contributed by atoms with Crippen LogP contribution in [0.1, 0.15) is 24.3 Å². The van der Waals surface area contributed by atoms with Gasteiger partial charge in [-0.25, -0.2) is 4.85 Å². The van der Waals surface area contributed by atoms with E-state index >= 15 is 0 Å². The van der Waals surface area contributed by atoms with Crippen LogP contribution in [0.4, 0.5) is 5.69 Å². The number of hydrogen-bond donors (Lipinski definition) is 1. The number of benzene rings is 3. The van der Waals surface area contributed by atoms with Gasteiger partial charge in [0.15, 0.2) is 5.69 Å². The van der Waals surface area contributed by atoms with E-state index in [0.717, 1.165) is 21.9 Å². The molecule has 138 valence electrons. The molecule has 5 nitrogen and oxygen atoms in total. The quantitative estimate of drug-likeness (QED) is 0.494. The van der Waals surface area contributed by atoms with Crippen molar-refractivity contribution in [1.82, 2.24) is 10.2 Å². The van der Waals surface area contributed by atoms with Gasteiger partial charge in [0.1, 0.15) is 0 Å². The molecule has 1 aromatic heterocycles. The minimum atomic E-state index is -0.664. The Hall–Kier alpha value is -3.49. The van der Waals surface area contributed by atoms with Crippen LogP contribution in [-0.4, -0.2) is 21.4 Å². The van der Waals surface area contributed by atoms with E-state index in [4.69, 9.17) is 11.0 Å². The molecule has 3 aromatic carbocycles. The molecule has 4 rings (SSSR count). The van der Waals surface area contributed by atoms with E-state index in [-0.39, 0.29) is 5.92 Å². The Morgan fingerprint density at radius 2 is 1.68 bits per heavy atom. The third-order valence-electron chi connectivity index (χ3n) is 4.91. The molecule has 0 bridgehead atoms. The standard InChI is InChI=1S/C23H19N3O2/c1-15(27)20(23-26-25-22(28-23)16-8-4-3-5-9-16)14-17-12-13-21(24-2)19-11-7-6-10-18(17)19/h3-13,15,20,27H,14H2,1H3/t15-,20-/m1/s1. The van der Waals surface area contributed by atoms with Crippen molar-refractivity contribution in [2.75, 3.05) is 0 Å². The first-order valence-corrected chi connectivity index (χ1v) is 9.12. The summed E-state index contributed by atoms with van der Waals surface area (Å²) in [6, 6.07) is 21.2. The topological polar surface area (TPSA) is 63.5 Å². The predicted molar refractivity (Wildman–Crippen MR) is 108 cm³/mol. The molecule has 0 saturated carbocycles. The maximum atomic E-state index is 10.4. The number of aromatic nitrogens is 2. The summed E-state index contributed by atoms with van der Waals surface area (Å²) in [5, 5.41) is 20.7. The lowest BCUT2D eigenvalue weighted by molar-refractivity contribution is 0.148. The molecule has 0 aliphatic rings. The molecule has 2 atom stereocenters. The zero-order valence-corrected chi connectivity index (χ0v) is 15.4. The van der Waals surface area contributed by atoms with E-state index in [2.05, 4.69) is 15.0 Å². The van der Waals surface area contributed by atoms with Crippen molar-refractivity contribution in [3.63, 3.8) is 0 Å². The molecule has 4 aromatic rings. The van der Waals surface area contributed by atoms with E-state index in [9.17, 15) is 5.11 Å². The second-order valence-electron chi connectivity index (χ2n) is 6.76. The Balaban J connectivity index is 1.71. The Kier molecular flexibility index (Phi) is 4.88. The van der Waals surface area contributed by atoms with Gasteiger partial charge < -0.3 is 9.52 Å². The van der Waals surface area contributed by atoms with Gasteiger partial charge in [0, 0.05) is 5.56 Å². The normalized spacial score (nSPS) is 13.2. The molecule has 0 radical (unpaired) electrons. The fourth-order valence-corrected chi connectivity index (χ4v) is 3.40. The fourth-order valence-electron chi connectivity index (χ4n) is 3.40. The summed E-state index contributed by atoms with van der Waals surface area (Å²) in [5.74, 6) is 0.508. The van der Waals surface area contributed by atoms with Gasteiger partial charge >= 0.3 is 0 Å². The molecule has 0 unspecified atom stereocenters. The molecule has 0 amide bonds. The zero-order chi connectivity index (χ0) is 19.5. The van der Waals surface area contributed by atoms with Crippen molar-refractivity contribution in [2.24, 2.45) is 0 Å². The number of hydrogen-bond acceptors (Lipinski definition) is 4. The molecule has 0 spiro atoms. The third-order valence-corrected chi connectivity index (χ3v) is 4.91. The smallest absolute Gasteiger partial charge is 0.247 e. The van der Waals surface area contributed by atoms with Crippen molar-refractivity contribution >= 4 is 16.5 Å². The van der Waals surface area contributed by atoms with Gasteiger partial charge in [-0.15, -0.1) is 10.2 Å². The Morgan fingerprint density at radius 3 is 2.39 bits per heavy atom. The number of aliphatic hydroxyl groups is 1. The minimum absolute atomic E-state index is 0.341. The summed E-state index contributed by atoms with van der Waals surface area (Å²) in [6.45, 7) is 9.11. The minimum Gasteiger partial charge on any atom is -0.420 e. The first-order valence-electron chi connectivity index (χ1n) is 9.12. The Morgan fingerprint density at radius 1 is 0.964 bits per heavy atom. The van der Waals surface area contributed by atoms with Gasteiger partial charge in [0.2, 0.25) is 11.8 Å². The lowest BCUT2D eigenvalue weighted by atomic mass is 9.91. The van der Waals surface area contributed by atoms with E-state index in [1.807, 2.05) is 66.7 Å². The van der Waals surface area contributed by atoms with E-state index in [0.29, 0.717) is 23.9 Å². The number of nitrogens with zero attached hydrogens (tertiary/aromatic N) is 3. The molecular weight excluding hydrogens is 350 g/mol. The summed E-state index contributed by atoms with van der Waals surface area (Å²) >= 11 is 0.